The molecular formula is C25H37NO. The number of hydrogen-bond donors (Lipinski definition) is 1. The lowest BCUT2D eigenvalue weighted by Crippen LogP contribution is -2.17. The first-order valence-electron chi connectivity index (χ1n) is 10.9. The van der Waals surface area contributed by atoms with Crippen LogP contribution < -0.4 is 0 Å². The van der Waals surface area contributed by atoms with E-state index in [0.29, 0.717) is 17.8 Å². The van der Waals surface area contributed by atoms with E-state index in [-0.39, 0.29) is 6.10 Å². The number of aryl methyl sites for hydroxylation is 1. The molecule has 0 radical (unpaired) electrons. The molecule has 1 fully saturated rings. The van der Waals surface area contributed by atoms with Crippen LogP contribution in [0.5, 0.6) is 0 Å². The largest absolute Gasteiger partial charge is 0.392 e. The van der Waals surface area contributed by atoms with Crippen molar-refractivity contribution in [3.63, 3.8) is 0 Å². The number of hydrogen-bond acceptors (Lipinski definition) is 2. The summed E-state index contributed by atoms with van der Waals surface area (Å²) in [6, 6.07) is 10.7. The Labute approximate surface area is 166 Å². The van der Waals surface area contributed by atoms with Crippen molar-refractivity contribution in [2.75, 3.05) is 20.6 Å². The highest BCUT2D eigenvalue weighted by Gasteiger charge is 2.42. The van der Waals surface area contributed by atoms with Crippen LogP contribution in [0.1, 0.15) is 50.5 Å². The van der Waals surface area contributed by atoms with Crippen LogP contribution in [-0.4, -0.2) is 36.8 Å². The normalized spacial score (nSPS) is 27.5. The van der Waals surface area contributed by atoms with E-state index >= 15 is 0 Å². The van der Waals surface area contributed by atoms with Crippen molar-refractivity contribution in [2.45, 2.75) is 57.5 Å². The van der Waals surface area contributed by atoms with Crippen LogP contribution in [0.25, 0.3) is 0 Å². The second-order valence-corrected chi connectivity index (χ2v) is 8.80. The summed E-state index contributed by atoms with van der Waals surface area (Å²) in [5.74, 6) is 1.61. The quantitative estimate of drug-likeness (QED) is 0.451. The molecule has 0 aromatic heterocycles. The maximum atomic E-state index is 10.5. The number of aliphatic hydroxyl groups excluding tert-OH is 1. The van der Waals surface area contributed by atoms with Crippen LogP contribution in [-0.2, 0) is 6.42 Å². The molecule has 1 aromatic carbocycles. The zero-order valence-electron chi connectivity index (χ0n) is 17.2. The standard InChI is InChI=1S/C25H37NO/c1-26(2)16-10-4-7-14-21-17-22-19-25(27)23(24(22)18-21)15-9-8-13-20-11-5-3-6-12-20/h3,5-6,9,11-12,15,17,22-25,27H,4,7-8,10,13-14,16,18-19H2,1-2H3/b15-9+/t22-,23+,24-,25+/m0/s1. The molecule has 2 aliphatic rings. The monoisotopic (exact) mass is 367 g/mol. The van der Waals surface area contributed by atoms with E-state index in [4.69, 9.17) is 0 Å². The fourth-order valence-electron chi connectivity index (χ4n) is 4.90. The Bertz CT molecular complexity index is 618. The molecule has 0 saturated heterocycles. The van der Waals surface area contributed by atoms with Gasteiger partial charge in [0.25, 0.3) is 0 Å². The highest BCUT2D eigenvalue weighted by Crippen LogP contribution is 2.48. The lowest BCUT2D eigenvalue weighted by molar-refractivity contribution is 0.141. The van der Waals surface area contributed by atoms with E-state index in [1.54, 1.807) is 5.57 Å². The van der Waals surface area contributed by atoms with Gasteiger partial charge in [0.15, 0.2) is 0 Å². The molecule has 0 bridgehead atoms. The fourth-order valence-corrected chi connectivity index (χ4v) is 4.90. The van der Waals surface area contributed by atoms with Gasteiger partial charge in [0.05, 0.1) is 6.10 Å². The molecule has 1 aromatic rings. The van der Waals surface area contributed by atoms with E-state index in [1.807, 2.05) is 0 Å². The van der Waals surface area contributed by atoms with E-state index in [1.165, 1.54) is 44.2 Å². The van der Waals surface area contributed by atoms with Crippen LogP contribution in [0.15, 0.2) is 54.1 Å². The molecule has 4 atom stereocenters. The van der Waals surface area contributed by atoms with Gasteiger partial charge in [0.2, 0.25) is 0 Å². The summed E-state index contributed by atoms with van der Waals surface area (Å²) in [7, 11) is 4.30. The molecule has 2 nitrogen and oxygen atoms in total. The Morgan fingerprint density at radius 2 is 1.89 bits per heavy atom. The molecule has 148 valence electrons. The molecule has 1 saturated carbocycles. The molecule has 3 rings (SSSR count). The minimum atomic E-state index is -0.147. The van der Waals surface area contributed by atoms with Gasteiger partial charge in [-0.25, -0.2) is 0 Å². The van der Waals surface area contributed by atoms with Gasteiger partial charge in [0.1, 0.15) is 0 Å². The van der Waals surface area contributed by atoms with Crippen molar-refractivity contribution in [1.82, 2.24) is 4.90 Å². The third-order valence-corrected chi connectivity index (χ3v) is 6.35. The number of nitrogens with zero attached hydrogens (tertiary/aromatic N) is 1. The molecule has 2 heteroatoms. The minimum Gasteiger partial charge on any atom is -0.392 e. The molecule has 2 aliphatic carbocycles. The zero-order chi connectivity index (χ0) is 19.1. The number of rotatable bonds is 10. The van der Waals surface area contributed by atoms with Crippen LogP contribution in [0.4, 0.5) is 0 Å². The average Bonchev–Trinajstić information content (AvgIpc) is 3.16. The molecule has 0 spiro atoms. The predicted molar refractivity (Wildman–Crippen MR) is 115 cm³/mol. The third kappa shape index (κ3) is 6.05. The first-order valence-corrected chi connectivity index (χ1v) is 10.9. The van der Waals surface area contributed by atoms with Crippen molar-refractivity contribution in [3.05, 3.63) is 59.7 Å². The summed E-state index contributed by atoms with van der Waals surface area (Å²) >= 11 is 0. The SMILES string of the molecule is CN(C)CCCCCC1=C[C@H]2C[C@@H](O)[C@H](/C=C/CCc3ccccc3)[C@H]2C1. The summed E-state index contributed by atoms with van der Waals surface area (Å²) in [6.45, 7) is 1.20. The van der Waals surface area contributed by atoms with Gasteiger partial charge in [-0.2, -0.15) is 0 Å². The van der Waals surface area contributed by atoms with Crippen molar-refractivity contribution in [3.8, 4) is 0 Å². The van der Waals surface area contributed by atoms with Crippen molar-refractivity contribution < 1.29 is 5.11 Å². The second kappa shape index (κ2) is 10.2. The number of unbranched alkanes of at least 4 members (excludes halogenated alkanes) is 2. The molecule has 0 heterocycles. The third-order valence-electron chi connectivity index (χ3n) is 6.35. The van der Waals surface area contributed by atoms with E-state index < -0.39 is 0 Å². The lowest BCUT2D eigenvalue weighted by Gasteiger charge is -2.18. The van der Waals surface area contributed by atoms with Gasteiger partial charge in [-0.05, 0) is 83.0 Å². The Hall–Kier alpha value is -1.38. The minimum absolute atomic E-state index is 0.147. The summed E-state index contributed by atoms with van der Waals surface area (Å²) in [6.07, 6.45) is 16.5. The topological polar surface area (TPSA) is 23.5 Å². The number of fused-ring (bicyclic) bond motifs is 1. The molecule has 0 amide bonds. The van der Waals surface area contributed by atoms with E-state index in [2.05, 4.69) is 67.6 Å². The van der Waals surface area contributed by atoms with E-state index in [9.17, 15) is 5.11 Å². The lowest BCUT2D eigenvalue weighted by atomic mass is 9.88. The predicted octanol–water partition coefficient (Wildman–Crippen LogP) is 5.24. The summed E-state index contributed by atoms with van der Waals surface area (Å²) in [5.41, 5.74) is 3.05. The molecule has 0 aliphatic heterocycles. The first kappa shape index (κ1) is 20.4. The summed E-state index contributed by atoms with van der Waals surface area (Å²) in [4.78, 5) is 2.27. The van der Waals surface area contributed by atoms with Gasteiger partial charge >= 0.3 is 0 Å². The maximum absolute atomic E-state index is 10.5. The molecule has 1 N–H and O–H groups in total. The van der Waals surface area contributed by atoms with Crippen LogP contribution in [0.2, 0.25) is 0 Å². The second-order valence-electron chi connectivity index (χ2n) is 8.80. The van der Waals surface area contributed by atoms with E-state index in [0.717, 1.165) is 19.3 Å². The first-order chi connectivity index (χ1) is 13.1. The van der Waals surface area contributed by atoms with Crippen molar-refractivity contribution in [2.24, 2.45) is 17.8 Å². The molecule has 27 heavy (non-hydrogen) atoms. The van der Waals surface area contributed by atoms with Gasteiger partial charge in [-0.15, -0.1) is 0 Å². The molecular weight excluding hydrogens is 330 g/mol. The highest BCUT2D eigenvalue weighted by molar-refractivity contribution is 5.21. The van der Waals surface area contributed by atoms with Gasteiger partial charge in [-0.3, -0.25) is 0 Å². The number of allylic oxidation sites excluding steroid dienone is 3. The molecule has 0 unspecified atom stereocenters. The Morgan fingerprint density at radius 1 is 1.07 bits per heavy atom. The number of benzene rings is 1. The average molecular weight is 368 g/mol. The van der Waals surface area contributed by atoms with Crippen LogP contribution in [0.3, 0.4) is 0 Å². The van der Waals surface area contributed by atoms with Crippen molar-refractivity contribution >= 4 is 0 Å². The fraction of sp³-hybridized carbons (Fsp3) is 0.600. The van der Waals surface area contributed by atoms with Gasteiger partial charge < -0.3 is 10.0 Å². The van der Waals surface area contributed by atoms with Crippen LogP contribution >= 0.6 is 0 Å². The van der Waals surface area contributed by atoms with Crippen molar-refractivity contribution in [1.29, 1.82) is 0 Å². The highest BCUT2D eigenvalue weighted by atomic mass is 16.3. The number of aliphatic hydroxyl groups is 1. The zero-order valence-corrected chi connectivity index (χ0v) is 17.2. The Morgan fingerprint density at radius 3 is 2.67 bits per heavy atom. The van der Waals surface area contributed by atoms with Gasteiger partial charge in [-0.1, -0.05) is 60.6 Å². The maximum Gasteiger partial charge on any atom is 0.0611 e. The Balaban J connectivity index is 1.41. The summed E-state index contributed by atoms with van der Waals surface area (Å²) < 4.78 is 0. The van der Waals surface area contributed by atoms with Gasteiger partial charge in [0, 0.05) is 5.92 Å². The summed E-state index contributed by atoms with van der Waals surface area (Å²) in [5, 5.41) is 10.5. The smallest absolute Gasteiger partial charge is 0.0611 e. The Kier molecular flexibility index (Phi) is 7.72. The van der Waals surface area contributed by atoms with Crippen LogP contribution in [0, 0.1) is 17.8 Å².